The summed E-state index contributed by atoms with van der Waals surface area (Å²) in [5, 5.41) is 23.0. The lowest BCUT2D eigenvalue weighted by molar-refractivity contribution is 0.0679. The summed E-state index contributed by atoms with van der Waals surface area (Å²) in [4.78, 5) is 14.6. The average Bonchev–Trinajstić information content (AvgIpc) is 3.23. The minimum Gasteiger partial charge on any atom is -0.507 e. The van der Waals surface area contributed by atoms with Gasteiger partial charge in [-0.15, -0.1) is 10.2 Å². The second kappa shape index (κ2) is 5.98. The van der Waals surface area contributed by atoms with Gasteiger partial charge in [-0.25, -0.2) is 0 Å². The third kappa shape index (κ3) is 2.54. The number of carbonyl (C=O) groups is 1. The van der Waals surface area contributed by atoms with Crippen molar-refractivity contribution in [3.8, 4) is 17.1 Å². The number of hydrogen-bond donors (Lipinski definition) is 1. The molecule has 0 aliphatic carbocycles. The fourth-order valence-corrected chi connectivity index (χ4v) is 3.42. The predicted molar refractivity (Wildman–Crippen MR) is 94.5 cm³/mol. The van der Waals surface area contributed by atoms with Crippen LogP contribution in [0.1, 0.15) is 34.7 Å². The van der Waals surface area contributed by atoms with Crippen LogP contribution in [0.25, 0.3) is 11.4 Å². The number of hydrogen-bond acceptors (Lipinski definition) is 5. The van der Waals surface area contributed by atoms with Crippen molar-refractivity contribution in [2.75, 3.05) is 6.54 Å². The van der Waals surface area contributed by atoms with Crippen LogP contribution < -0.4 is 0 Å². The van der Waals surface area contributed by atoms with E-state index in [9.17, 15) is 9.90 Å². The number of fused-ring (bicyclic) bond motifs is 1. The van der Waals surface area contributed by atoms with Gasteiger partial charge in [0.2, 0.25) is 0 Å². The lowest BCUT2D eigenvalue weighted by Crippen LogP contribution is -2.40. The quantitative estimate of drug-likeness (QED) is 0.761. The SMILES string of the molecule is Cc1cccc(C(=O)N2Cc3nnc(-c4cnn(C)c4)n3[C@@H](C)C2)c1O. The van der Waals surface area contributed by atoms with Crippen molar-refractivity contribution in [3.05, 3.63) is 47.5 Å². The lowest BCUT2D eigenvalue weighted by atomic mass is 10.1. The van der Waals surface area contributed by atoms with Crippen molar-refractivity contribution < 1.29 is 9.90 Å². The van der Waals surface area contributed by atoms with Crippen LogP contribution in [0, 0.1) is 6.92 Å². The van der Waals surface area contributed by atoms with Crippen molar-refractivity contribution in [1.82, 2.24) is 29.4 Å². The summed E-state index contributed by atoms with van der Waals surface area (Å²) in [5.41, 5.74) is 1.90. The van der Waals surface area contributed by atoms with E-state index in [0.717, 1.165) is 17.2 Å². The van der Waals surface area contributed by atoms with Crippen LogP contribution in [-0.4, -0.2) is 47.0 Å². The minimum absolute atomic E-state index is 0.0138. The standard InChI is InChI=1S/C18H20N6O2/c1-11-5-4-6-14(16(11)25)18(26)23-8-12(2)24-15(10-23)20-21-17(24)13-7-19-22(3)9-13/h4-7,9,12,25H,8,10H2,1-3H3/t12-/m0/s1. The number of carbonyl (C=O) groups excluding carboxylic acids is 1. The zero-order valence-corrected chi connectivity index (χ0v) is 14.9. The monoisotopic (exact) mass is 352 g/mol. The van der Waals surface area contributed by atoms with E-state index in [1.54, 1.807) is 40.9 Å². The van der Waals surface area contributed by atoms with Crippen LogP contribution >= 0.6 is 0 Å². The number of benzene rings is 1. The molecule has 4 rings (SSSR count). The number of phenolic OH excluding ortho intramolecular Hbond substituents is 1. The molecule has 0 saturated carbocycles. The first-order chi connectivity index (χ1) is 12.5. The Hall–Kier alpha value is -3.16. The van der Waals surface area contributed by atoms with E-state index in [2.05, 4.69) is 19.9 Å². The second-order valence-corrected chi connectivity index (χ2v) is 6.72. The summed E-state index contributed by atoms with van der Waals surface area (Å²) in [6, 6.07) is 5.22. The van der Waals surface area contributed by atoms with Gasteiger partial charge in [-0.2, -0.15) is 5.10 Å². The Morgan fingerprint density at radius 1 is 1.31 bits per heavy atom. The predicted octanol–water partition coefficient (Wildman–Crippen LogP) is 1.91. The molecule has 1 N–H and O–H groups in total. The number of nitrogens with zero attached hydrogens (tertiary/aromatic N) is 6. The van der Waals surface area contributed by atoms with Crippen molar-refractivity contribution >= 4 is 5.91 Å². The third-order valence-electron chi connectivity index (χ3n) is 4.74. The Balaban J connectivity index is 1.66. The first kappa shape index (κ1) is 16.3. The summed E-state index contributed by atoms with van der Waals surface area (Å²) < 4.78 is 3.78. The van der Waals surface area contributed by atoms with Crippen LogP contribution in [-0.2, 0) is 13.6 Å². The minimum atomic E-state index is -0.199. The van der Waals surface area contributed by atoms with Crippen LogP contribution in [0.4, 0.5) is 0 Å². The Morgan fingerprint density at radius 2 is 2.12 bits per heavy atom. The summed E-state index contributed by atoms with van der Waals surface area (Å²) in [5.74, 6) is 1.32. The Kier molecular flexibility index (Phi) is 3.75. The van der Waals surface area contributed by atoms with Gasteiger partial charge in [0.05, 0.1) is 29.9 Å². The van der Waals surface area contributed by atoms with E-state index in [4.69, 9.17) is 0 Å². The van der Waals surface area contributed by atoms with Gasteiger partial charge >= 0.3 is 0 Å². The van der Waals surface area contributed by atoms with Crippen molar-refractivity contribution in [3.63, 3.8) is 0 Å². The van der Waals surface area contributed by atoms with Gasteiger partial charge in [-0.3, -0.25) is 9.48 Å². The number of phenols is 1. The van der Waals surface area contributed by atoms with E-state index in [0.29, 0.717) is 24.2 Å². The molecule has 0 fully saturated rings. The molecule has 3 heterocycles. The van der Waals surface area contributed by atoms with Crippen molar-refractivity contribution in [2.45, 2.75) is 26.4 Å². The fraction of sp³-hybridized carbons (Fsp3) is 0.333. The number of aryl methyl sites for hydroxylation is 2. The van der Waals surface area contributed by atoms with E-state index in [1.165, 1.54) is 0 Å². The molecule has 1 aromatic carbocycles. The molecular weight excluding hydrogens is 332 g/mol. The highest BCUT2D eigenvalue weighted by molar-refractivity contribution is 5.97. The fourth-order valence-electron chi connectivity index (χ4n) is 3.42. The topological polar surface area (TPSA) is 89.1 Å². The van der Waals surface area contributed by atoms with Gasteiger partial charge in [0.15, 0.2) is 11.6 Å². The highest BCUT2D eigenvalue weighted by Crippen LogP contribution is 2.30. The lowest BCUT2D eigenvalue weighted by Gasteiger charge is -2.32. The van der Waals surface area contributed by atoms with Crippen LogP contribution in [0.2, 0.25) is 0 Å². The molecule has 0 saturated heterocycles. The molecule has 8 heteroatoms. The first-order valence-electron chi connectivity index (χ1n) is 8.46. The van der Waals surface area contributed by atoms with E-state index >= 15 is 0 Å². The zero-order valence-electron chi connectivity index (χ0n) is 14.9. The summed E-state index contributed by atoms with van der Waals surface area (Å²) in [6.07, 6.45) is 3.65. The largest absolute Gasteiger partial charge is 0.507 e. The molecule has 26 heavy (non-hydrogen) atoms. The number of amides is 1. The number of rotatable bonds is 2. The zero-order chi connectivity index (χ0) is 18.4. The Bertz CT molecular complexity index is 989. The molecule has 1 aliphatic heterocycles. The number of para-hydroxylation sites is 1. The maximum atomic E-state index is 12.9. The molecule has 0 radical (unpaired) electrons. The normalized spacial score (nSPS) is 16.6. The molecular formula is C18H20N6O2. The molecule has 0 spiro atoms. The van der Waals surface area contributed by atoms with Gasteiger partial charge < -0.3 is 14.6 Å². The number of aromatic hydroxyl groups is 1. The van der Waals surface area contributed by atoms with Gasteiger partial charge in [-0.1, -0.05) is 12.1 Å². The van der Waals surface area contributed by atoms with Crippen LogP contribution in [0.3, 0.4) is 0 Å². The Morgan fingerprint density at radius 3 is 2.85 bits per heavy atom. The van der Waals surface area contributed by atoms with Crippen LogP contribution in [0.5, 0.6) is 5.75 Å². The molecule has 3 aromatic rings. The van der Waals surface area contributed by atoms with E-state index in [1.807, 2.05) is 20.2 Å². The first-order valence-corrected chi connectivity index (χ1v) is 8.46. The molecule has 2 aromatic heterocycles. The van der Waals surface area contributed by atoms with E-state index < -0.39 is 0 Å². The van der Waals surface area contributed by atoms with Gasteiger partial charge in [0, 0.05) is 19.8 Å². The number of aromatic nitrogens is 5. The van der Waals surface area contributed by atoms with Gasteiger partial charge in [0.25, 0.3) is 5.91 Å². The second-order valence-electron chi connectivity index (χ2n) is 6.72. The highest BCUT2D eigenvalue weighted by atomic mass is 16.3. The molecule has 0 bridgehead atoms. The van der Waals surface area contributed by atoms with Crippen LogP contribution in [0.15, 0.2) is 30.6 Å². The van der Waals surface area contributed by atoms with Gasteiger partial charge in [0.1, 0.15) is 5.75 Å². The molecule has 134 valence electrons. The third-order valence-corrected chi connectivity index (χ3v) is 4.74. The van der Waals surface area contributed by atoms with Crippen molar-refractivity contribution in [1.29, 1.82) is 0 Å². The Labute approximate surface area is 150 Å². The maximum absolute atomic E-state index is 12.9. The smallest absolute Gasteiger partial charge is 0.258 e. The summed E-state index contributed by atoms with van der Waals surface area (Å²) >= 11 is 0. The molecule has 1 aliphatic rings. The maximum Gasteiger partial charge on any atom is 0.258 e. The van der Waals surface area contributed by atoms with E-state index in [-0.39, 0.29) is 17.7 Å². The molecule has 8 nitrogen and oxygen atoms in total. The molecule has 1 amide bonds. The summed E-state index contributed by atoms with van der Waals surface area (Å²) in [7, 11) is 1.86. The average molecular weight is 352 g/mol. The van der Waals surface area contributed by atoms with Gasteiger partial charge in [-0.05, 0) is 25.5 Å². The molecule has 1 atom stereocenters. The molecule has 0 unspecified atom stereocenters. The highest BCUT2D eigenvalue weighted by Gasteiger charge is 2.31. The van der Waals surface area contributed by atoms with Crippen molar-refractivity contribution in [2.24, 2.45) is 7.05 Å². The summed E-state index contributed by atoms with van der Waals surface area (Å²) in [6.45, 7) is 4.68.